The van der Waals surface area contributed by atoms with Crippen LogP contribution in [0, 0.1) is 0 Å². The Balaban J connectivity index is 1.76. The second-order valence-electron chi connectivity index (χ2n) is 7.35. The molecule has 174 valence electrons. The Labute approximate surface area is 196 Å². The van der Waals surface area contributed by atoms with Gasteiger partial charge in [-0.25, -0.2) is 4.79 Å². The molecule has 3 aromatic carbocycles. The van der Waals surface area contributed by atoms with Crippen molar-refractivity contribution in [2.24, 2.45) is 0 Å². The monoisotopic (exact) mass is 460 g/mol. The van der Waals surface area contributed by atoms with Gasteiger partial charge in [0.25, 0.3) is 0 Å². The summed E-state index contributed by atoms with van der Waals surface area (Å²) in [5.41, 5.74) is 1.34. The minimum Gasteiger partial charge on any atom is -0.497 e. The molecule has 0 amide bonds. The molecule has 7 heteroatoms. The predicted molar refractivity (Wildman–Crippen MR) is 128 cm³/mol. The molecule has 0 radical (unpaired) electrons. The molecule has 1 aromatic heterocycles. The first kappa shape index (κ1) is 22.9. The summed E-state index contributed by atoms with van der Waals surface area (Å²) >= 11 is 0. The molecule has 7 nitrogen and oxygen atoms in total. The van der Waals surface area contributed by atoms with Crippen molar-refractivity contribution < 1.29 is 28.2 Å². The Morgan fingerprint density at radius 1 is 0.912 bits per heavy atom. The standard InChI is InChI=1S/C27H24O7/c1-4-32-27(29)26-24(20-7-5-6-8-22(20)31-3)25(28)21-14-13-19(15-23(21)34-26)33-16-17-9-11-18(30-2)12-10-17/h5-15H,4,16H2,1-3H3. The largest absolute Gasteiger partial charge is 0.497 e. The summed E-state index contributed by atoms with van der Waals surface area (Å²) < 4.78 is 27.6. The molecule has 4 aromatic rings. The van der Waals surface area contributed by atoms with E-state index < -0.39 is 5.97 Å². The maximum atomic E-state index is 13.5. The van der Waals surface area contributed by atoms with Gasteiger partial charge in [0, 0.05) is 11.6 Å². The van der Waals surface area contributed by atoms with Gasteiger partial charge in [0.2, 0.25) is 11.2 Å². The van der Waals surface area contributed by atoms with Crippen LogP contribution in [0.15, 0.2) is 75.9 Å². The normalized spacial score (nSPS) is 10.7. The molecule has 0 unspecified atom stereocenters. The fraction of sp³-hybridized carbons (Fsp3) is 0.185. The molecule has 0 fully saturated rings. The molecule has 0 atom stereocenters. The maximum absolute atomic E-state index is 13.5. The highest BCUT2D eigenvalue weighted by Crippen LogP contribution is 2.33. The Morgan fingerprint density at radius 2 is 1.65 bits per heavy atom. The van der Waals surface area contributed by atoms with Crippen molar-refractivity contribution in [1.82, 2.24) is 0 Å². The van der Waals surface area contributed by atoms with E-state index in [1.54, 1.807) is 56.5 Å². The number of hydrogen-bond donors (Lipinski definition) is 0. The summed E-state index contributed by atoms with van der Waals surface area (Å²) in [4.78, 5) is 26.2. The Kier molecular flexibility index (Phi) is 6.82. The van der Waals surface area contributed by atoms with Crippen LogP contribution in [0.2, 0.25) is 0 Å². The molecular formula is C27H24O7. The second kappa shape index (κ2) is 10.1. The first-order chi connectivity index (χ1) is 16.5. The molecule has 0 aliphatic heterocycles. The fourth-order valence-corrected chi connectivity index (χ4v) is 3.59. The van der Waals surface area contributed by atoms with E-state index in [4.69, 9.17) is 23.4 Å². The molecule has 0 bridgehead atoms. The minimum absolute atomic E-state index is 0.0929. The zero-order valence-corrected chi connectivity index (χ0v) is 19.1. The lowest BCUT2D eigenvalue weighted by Gasteiger charge is -2.13. The van der Waals surface area contributed by atoms with E-state index in [0.717, 1.165) is 11.3 Å². The third-order valence-electron chi connectivity index (χ3n) is 5.27. The van der Waals surface area contributed by atoms with Gasteiger partial charge in [-0.2, -0.15) is 0 Å². The molecule has 34 heavy (non-hydrogen) atoms. The number of carbonyl (C=O) groups is 1. The molecule has 0 N–H and O–H groups in total. The quantitative estimate of drug-likeness (QED) is 0.333. The number of methoxy groups -OCH3 is 2. The number of esters is 1. The zero-order chi connectivity index (χ0) is 24.1. The molecule has 1 heterocycles. The van der Waals surface area contributed by atoms with Gasteiger partial charge in [-0.1, -0.05) is 30.3 Å². The third-order valence-corrected chi connectivity index (χ3v) is 5.27. The van der Waals surface area contributed by atoms with Crippen molar-refractivity contribution in [3.63, 3.8) is 0 Å². The van der Waals surface area contributed by atoms with E-state index in [-0.39, 0.29) is 28.9 Å². The van der Waals surface area contributed by atoms with Crippen molar-refractivity contribution in [2.75, 3.05) is 20.8 Å². The zero-order valence-electron chi connectivity index (χ0n) is 19.1. The van der Waals surface area contributed by atoms with Crippen molar-refractivity contribution in [3.05, 3.63) is 88.3 Å². The Hall–Kier alpha value is -4.26. The first-order valence-electron chi connectivity index (χ1n) is 10.7. The highest BCUT2D eigenvalue weighted by molar-refractivity contribution is 5.98. The lowest BCUT2D eigenvalue weighted by molar-refractivity contribution is 0.0492. The fourth-order valence-electron chi connectivity index (χ4n) is 3.59. The third kappa shape index (κ3) is 4.59. The topological polar surface area (TPSA) is 84.2 Å². The van der Waals surface area contributed by atoms with Gasteiger partial charge in [-0.05, 0) is 42.8 Å². The molecular weight excluding hydrogens is 436 g/mol. The van der Waals surface area contributed by atoms with E-state index in [0.29, 0.717) is 29.1 Å². The number of ether oxygens (including phenoxy) is 4. The summed E-state index contributed by atoms with van der Waals surface area (Å²) in [6.07, 6.45) is 0. The van der Waals surface area contributed by atoms with Crippen molar-refractivity contribution in [3.8, 4) is 28.4 Å². The van der Waals surface area contributed by atoms with E-state index in [2.05, 4.69) is 0 Å². The van der Waals surface area contributed by atoms with E-state index >= 15 is 0 Å². The van der Waals surface area contributed by atoms with Crippen LogP contribution in [0.1, 0.15) is 23.0 Å². The number of carbonyl (C=O) groups excluding carboxylic acids is 1. The maximum Gasteiger partial charge on any atom is 0.375 e. The van der Waals surface area contributed by atoms with Gasteiger partial charge in [0.15, 0.2) is 0 Å². The highest BCUT2D eigenvalue weighted by atomic mass is 16.5. The summed E-state index contributed by atoms with van der Waals surface area (Å²) in [6.45, 7) is 2.13. The van der Waals surface area contributed by atoms with Crippen LogP contribution < -0.4 is 19.6 Å². The second-order valence-corrected chi connectivity index (χ2v) is 7.35. The molecule has 0 aliphatic carbocycles. The molecule has 0 saturated heterocycles. The van der Waals surface area contributed by atoms with E-state index in [1.165, 1.54) is 7.11 Å². The number of para-hydroxylation sites is 1. The van der Waals surface area contributed by atoms with Crippen LogP contribution >= 0.6 is 0 Å². The van der Waals surface area contributed by atoms with Gasteiger partial charge in [0.1, 0.15) is 29.4 Å². The van der Waals surface area contributed by atoms with E-state index in [9.17, 15) is 9.59 Å². The van der Waals surface area contributed by atoms with Gasteiger partial charge in [0.05, 0.1) is 31.8 Å². The lowest BCUT2D eigenvalue weighted by Crippen LogP contribution is -2.15. The molecule has 4 rings (SSSR count). The first-order valence-corrected chi connectivity index (χ1v) is 10.7. The molecule has 0 saturated carbocycles. The molecule has 0 spiro atoms. The number of benzene rings is 3. The van der Waals surface area contributed by atoms with Crippen LogP contribution in [-0.4, -0.2) is 26.8 Å². The lowest BCUT2D eigenvalue weighted by atomic mass is 10.0. The van der Waals surface area contributed by atoms with Crippen LogP contribution in [0.5, 0.6) is 17.2 Å². The van der Waals surface area contributed by atoms with Crippen molar-refractivity contribution in [1.29, 1.82) is 0 Å². The predicted octanol–water partition coefficient (Wildman–Crippen LogP) is 5.23. The van der Waals surface area contributed by atoms with Gasteiger partial charge < -0.3 is 23.4 Å². The summed E-state index contributed by atoms with van der Waals surface area (Å²) in [7, 11) is 3.11. The Bertz CT molecular complexity index is 1370. The van der Waals surface area contributed by atoms with Crippen molar-refractivity contribution >= 4 is 16.9 Å². The summed E-state index contributed by atoms with van der Waals surface area (Å²) in [6, 6.07) is 19.4. The van der Waals surface area contributed by atoms with Gasteiger partial charge in [-0.3, -0.25) is 4.79 Å². The summed E-state index contributed by atoms with van der Waals surface area (Å²) in [5, 5.41) is 0.311. The molecule has 0 aliphatic rings. The number of rotatable bonds is 8. The van der Waals surface area contributed by atoms with Crippen LogP contribution in [0.3, 0.4) is 0 Å². The van der Waals surface area contributed by atoms with E-state index in [1.807, 2.05) is 24.3 Å². The van der Waals surface area contributed by atoms with Gasteiger partial charge >= 0.3 is 5.97 Å². The SMILES string of the molecule is CCOC(=O)c1oc2cc(OCc3ccc(OC)cc3)ccc2c(=O)c1-c1ccccc1OC. The number of fused-ring (bicyclic) bond motifs is 1. The number of hydrogen-bond acceptors (Lipinski definition) is 7. The Morgan fingerprint density at radius 3 is 2.35 bits per heavy atom. The van der Waals surface area contributed by atoms with Crippen LogP contribution in [0.25, 0.3) is 22.1 Å². The highest BCUT2D eigenvalue weighted by Gasteiger charge is 2.25. The van der Waals surface area contributed by atoms with Crippen LogP contribution in [0.4, 0.5) is 0 Å². The van der Waals surface area contributed by atoms with Gasteiger partial charge in [-0.15, -0.1) is 0 Å². The van der Waals surface area contributed by atoms with Crippen molar-refractivity contribution in [2.45, 2.75) is 13.5 Å². The summed E-state index contributed by atoms with van der Waals surface area (Å²) in [5.74, 6) is 0.780. The van der Waals surface area contributed by atoms with Crippen LogP contribution in [-0.2, 0) is 11.3 Å². The smallest absolute Gasteiger partial charge is 0.375 e. The minimum atomic E-state index is -0.730. The average Bonchev–Trinajstić information content (AvgIpc) is 2.87. The average molecular weight is 460 g/mol.